The van der Waals surface area contributed by atoms with Gasteiger partial charge in [0.1, 0.15) is 5.75 Å². The maximum absolute atomic E-state index is 12.2. The zero-order valence-electron chi connectivity index (χ0n) is 16.2. The van der Waals surface area contributed by atoms with Crippen LogP contribution in [0.2, 0.25) is 0 Å². The first-order valence-electron chi connectivity index (χ1n) is 8.81. The smallest absolute Gasteiger partial charge is 0.271 e. The highest BCUT2D eigenvalue weighted by atomic mass is 16.5. The van der Waals surface area contributed by atoms with Crippen molar-refractivity contribution in [1.29, 1.82) is 0 Å². The third-order valence-corrected chi connectivity index (χ3v) is 3.87. The van der Waals surface area contributed by atoms with Crippen LogP contribution < -0.4 is 19.6 Å². The summed E-state index contributed by atoms with van der Waals surface area (Å²) in [6, 6.07) is 12.4. The van der Waals surface area contributed by atoms with Crippen LogP contribution >= 0.6 is 0 Å². The number of rotatable bonds is 9. The molecule has 144 valence electrons. The van der Waals surface area contributed by atoms with Crippen LogP contribution in [0.3, 0.4) is 0 Å². The predicted octanol–water partition coefficient (Wildman–Crippen LogP) is 3.89. The second-order valence-corrected chi connectivity index (χ2v) is 6.37. The van der Waals surface area contributed by atoms with E-state index in [0.717, 1.165) is 17.7 Å². The summed E-state index contributed by atoms with van der Waals surface area (Å²) in [6.45, 7) is 4.97. The molecule has 0 aromatic heterocycles. The van der Waals surface area contributed by atoms with Gasteiger partial charge in [-0.15, -0.1) is 0 Å². The molecule has 0 aliphatic rings. The van der Waals surface area contributed by atoms with E-state index < -0.39 is 0 Å². The Morgan fingerprint density at radius 1 is 1.07 bits per heavy atom. The number of methoxy groups -OCH3 is 2. The molecule has 0 spiro atoms. The maximum Gasteiger partial charge on any atom is 0.271 e. The zero-order valence-corrected chi connectivity index (χ0v) is 16.2. The predicted molar refractivity (Wildman–Crippen MR) is 106 cm³/mol. The van der Waals surface area contributed by atoms with Crippen LogP contribution in [-0.4, -0.2) is 32.9 Å². The van der Waals surface area contributed by atoms with Crippen molar-refractivity contribution in [3.05, 3.63) is 53.6 Å². The van der Waals surface area contributed by atoms with Gasteiger partial charge in [0, 0.05) is 5.56 Å². The average molecular weight is 370 g/mol. The van der Waals surface area contributed by atoms with Gasteiger partial charge in [0.2, 0.25) is 0 Å². The van der Waals surface area contributed by atoms with E-state index in [1.54, 1.807) is 56.8 Å². The minimum Gasteiger partial charge on any atom is -0.494 e. The van der Waals surface area contributed by atoms with E-state index in [-0.39, 0.29) is 5.91 Å². The number of hydrazone groups is 1. The molecule has 2 aromatic carbocycles. The number of carbonyl (C=O) groups is 1. The fourth-order valence-electron chi connectivity index (χ4n) is 2.28. The molecule has 0 atom stereocenters. The summed E-state index contributed by atoms with van der Waals surface area (Å²) in [5.74, 6) is 2.29. The summed E-state index contributed by atoms with van der Waals surface area (Å²) < 4.78 is 16.1. The van der Waals surface area contributed by atoms with Crippen molar-refractivity contribution in [2.24, 2.45) is 11.0 Å². The molecule has 0 saturated heterocycles. The minimum absolute atomic E-state index is 0.291. The zero-order chi connectivity index (χ0) is 19.6. The Morgan fingerprint density at radius 2 is 1.78 bits per heavy atom. The van der Waals surface area contributed by atoms with E-state index in [2.05, 4.69) is 24.4 Å². The van der Waals surface area contributed by atoms with Crippen molar-refractivity contribution in [2.45, 2.75) is 20.3 Å². The highest BCUT2D eigenvalue weighted by molar-refractivity contribution is 5.95. The summed E-state index contributed by atoms with van der Waals surface area (Å²) in [6.07, 6.45) is 2.54. The standard InChI is InChI=1S/C21H26N2O4/c1-15(2)11-12-27-18-8-6-17(7-9-18)21(24)23-22-14-16-5-10-19(25-3)20(13-16)26-4/h5-10,13-15H,11-12H2,1-4H3,(H,23,24)/b22-14-. The number of ether oxygens (including phenoxy) is 3. The number of benzene rings is 2. The molecule has 0 aliphatic carbocycles. The number of nitrogens with zero attached hydrogens (tertiary/aromatic N) is 1. The van der Waals surface area contributed by atoms with Gasteiger partial charge in [-0.3, -0.25) is 4.79 Å². The molecule has 0 bridgehead atoms. The van der Waals surface area contributed by atoms with Gasteiger partial charge in [-0.25, -0.2) is 5.43 Å². The number of amides is 1. The Balaban J connectivity index is 1.90. The van der Waals surface area contributed by atoms with Crippen LogP contribution in [0.5, 0.6) is 17.2 Å². The van der Waals surface area contributed by atoms with Crippen LogP contribution in [0.25, 0.3) is 0 Å². The van der Waals surface area contributed by atoms with Crippen molar-refractivity contribution in [1.82, 2.24) is 5.43 Å². The summed E-state index contributed by atoms with van der Waals surface area (Å²) in [7, 11) is 3.14. The van der Waals surface area contributed by atoms with E-state index in [9.17, 15) is 4.79 Å². The summed E-state index contributed by atoms with van der Waals surface area (Å²) in [5.41, 5.74) is 3.80. The molecule has 6 heteroatoms. The van der Waals surface area contributed by atoms with Crippen LogP contribution in [0.1, 0.15) is 36.2 Å². The van der Waals surface area contributed by atoms with Crippen LogP contribution in [0, 0.1) is 5.92 Å². The molecule has 1 amide bonds. The number of nitrogens with one attached hydrogen (secondary N) is 1. The molecule has 0 fully saturated rings. The van der Waals surface area contributed by atoms with Gasteiger partial charge in [-0.2, -0.15) is 5.10 Å². The quantitative estimate of drug-likeness (QED) is 0.537. The Labute approximate surface area is 160 Å². The Morgan fingerprint density at radius 3 is 2.41 bits per heavy atom. The summed E-state index contributed by atoms with van der Waals surface area (Å²) >= 11 is 0. The second kappa shape index (κ2) is 10.2. The fourth-order valence-corrected chi connectivity index (χ4v) is 2.28. The van der Waals surface area contributed by atoms with E-state index in [1.807, 2.05) is 6.07 Å². The maximum atomic E-state index is 12.2. The van der Waals surface area contributed by atoms with Gasteiger partial charge >= 0.3 is 0 Å². The molecular formula is C21H26N2O4. The van der Waals surface area contributed by atoms with E-state index in [1.165, 1.54) is 0 Å². The van der Waals surface area contributed by atoms with Gasteiger partial charge in [-0.05, 0) is 60.4 Å². The lowest BCUT2D eigenvalue weighted by Crippen LogP contribution is -2.17. The SMILES string of the molecule is COc1ccc(/C=N\NC(=O)c2ccc(OCCC(C)C)cc2)cc1OC. The lowest BCUT2D eigenvalue weighted by molar-refractivity contribution is 0.0955. The monoisotopic (exact) mass is 370 g/mol. The molecule has 6 nitrogen and oxygen atoms in total. The number of carbonyl (C=O) groups excluding carboxylic acids is 1. The van der Waals surface area contributed by atoms with E-state index in [0.29, 0.717) is 29.6 Å². The van der Waals surface area contributed by atoms with Crippen molar-refractivity contribution < 1.29 is 19.0 Å². The average Bonchev–Trinajstić information content (AvgIpc) is 2.68. The third kappa shape index (κ3) is 6.33. The fraction of sp³-hybridized carbons (Fsp3) is 0.333. The Bertz CT molecular complexity index is 770. The first-order chi connectivity index (χ1) is 13.0. The third-order valence-electron chi connectivity index (χ3n) is 3.87. The van der Waals surface area contributed by atoms with Crippen LogP contribution in [0.4, 0.5) is 0 Å². The van der Waals surface area contributed by atoms with Gasteiger partial charge in [-0.1, -0.05) is 13.8 Å². The molecule has 0 aliphatic heterocycles. The normalized spacial score (nSPS) is 10.9. The largest absolute Gasteiger partial charge is 0.494 e. The number of hydrogen-bond acceptors (Lipinski definition) is 5. The molecule has 0 unspecified atom stereocenters. The Kier molecular flexibility index (Phi) is 7.67. The molecule has 0 heterocycles. The first kappa shape index (κ1) is 20.3. The van der Waals surface area contributed by atoms with Crippen molar-refractivity contribution >= 4 is 12.1 Å². The topological polar surface area (TPSA) is 69.2 Å². The van der Waals surface area contributed by atoms with Gasteiger partial charge in [0.25, 0.3) is 5.91 Å². The van der Waals surface area contributed by atoms with Crippen molar-refractivity contribution in [2.75, 3.05) is 20.8 Å². The van der Waals surface area contributed by atoms with E-state index in [4.69, 9.17) is 14.2 Å². The molecule has 27 heavy (non-hydrogen) atoms. The van der Waals surface area contributed by atoms with Crippen molar-refractivity contribution in [3.63, 3.8) is 0 Å². The van der Waals surface area contributed by atoms with Crippen LogP contribution in [-0.2, 0) is 0 Å². The summed E-state index contributed by atoms with van der Waals surface area (Å²) in [5, 5.41) is 3.99. The highest BCUT2D eigenvalue weighted by Gasteiger charge is 2.06. The molecular weight excluding hydrogens is 344 g/mol. The molecule has 0 radical (unpaired) electrons. The van der Waals surface area contributed by atoms with Crippen LogP contribution in [0.15, 0.2) is 47.6 Å². The minimum atomic E-state index is -0.291. The molecule has 2 aromatic rings. The van der Waals surface area contributed by atoms with Crippen molar-refractivity contribution in [3.8, 4) is 17.2 Å². The lowest BCUT2D eigenvalue weighted by Gasteiger charge is -2.08. The molecule has 0 saturated carbocycles. The molecule has 2 rings (SSSR count). The van der Waals surface area contributed by atoms with Gasteiger partial charge in [0.15, 0.2) is 11.5 Å². The number of hydrogen-bond donors (Lipinski definition) is 1. The van der Waals surface area contributed by atoms with E-state index >= 15 is 0 Å². The molecule has 1 N–H and O–H groups in total. The lowest BCUT2D eigenvalue weighted by atomic mass is 10.1. The van der Waals surface area contributed by atoms with Gasteiger partial charge < -0.3 is 14.2 Å². The second-order valence-electron chi connectivity index (χ2n) is 6.37. The van der Waals surface area contributed by atoms with Gasteiger partial charge in [0.05, 0.1) is 27.0 Å². The first-order valence-corrected chi connectivity index (χ1v) is 8.81. The Hall–Kier alpha value is -3.02. The highest BCUT2D eigenvalue weighted by Crippen LogP contribution is 2.26. The summed E-state index contributed by atoms with van der Waals surface area (Å²) in [4.78, 5) is 12.2.